The van der Waals surface area contributed by atoms with Crippen molar-refractivity contribution in [2.24, 2.45) is 0 Å². The highest BCUT2D eigenvalue weighted by Crippen LogP contribution is 2.25. The molecule has 24 heavy (non-hydrogen) atoms. The third-order valence-electron chi connectivity index (χ3n) is 3.48. The van der Waals surface area contributed by atoms with Crippen LogP contribution in [0.15, 0.2) is 64.2 Å². The molecule has 0 unspecified atom stereocenters. The van der Waals surface area contributed by atoms with Crippen molar-refractivity contribution in [1.82, 2.24) is 9.71 Å². The number of anilines is 2. The second-order valence-corrected chi connectivity index (χ2v) is 5.07. The van der Waals surface area contributed by atoms with Crippen LogP contribution in [0, 0.1) is 0 Å². The van der Waals surface area contributed by atoms with Crippen LogP contribution >= 0.6 is 0 Å². The van der Waals surface area contributed by atoms with Crippen LogP contribution in [-0.2, 0) is 0 Å². The fourth-order valence-corrected chi connectivity index (χ4v) is 2.27. The van der Waals surface area contributed by atoms with Gasteiger partial charge in [-0.25, -0.2) is 4.79 Å². The van der Waals surface area contributed by atoms with Crippen molar-refractivity contribution in [3.8, 4) is 16.9 Å². The topological polar surface area (TPSA) is 96.3 Å². The van der Waals surface area contributed by atoms with Crippen LogP contribution in [0.3, 0.4) is 0 Å². The van der Waals surface area contributed by atoms with E-state index in [1.807, 2.05) is 42.5 Å². The van der Waals surface area contributed by atoms with Gasteiger partial charge in [-0.05, 0) is 35.4 Å². The van der Waals surface area contributed by atoms with E-state index < -0.39 is 11.2 Å². The summed E-state index contributed by atoms with van der Waals surface area (Å²) in [4.78, 5) is 25.2. The molecule has 0 saturated carbocycles. The number of nitrogens with zero attached hydrogens (tertiary/aromatic N) is 1. The van der Waals surface area contributed by atoms with E-state index in [4.69, 9.17) is 9.94 Å². The summed E-state index contributed by atoms with van der Waals surface area (Å²) >= 11 is 0. The van der Waals surface area contributed by atoms with Crippen LogP contribution in [0.1, 0.15) is 0 Å². The summed E-state index contributed by atoms with van der Waals surface area (Å²) in [5.74, 6) is 0.970. The van der Waals surface area contributed by atoms with Gasteiger partial charge < -0.3 is 15.3 Å². The molecule has 0 atom stereocenters. The Morgan fingerprint density at radius 3 is 2.46 bits per heavy atom. The van der Waals surface area contributed by atoms with Gasteiger partial charge in [0, 0.05) is 11.8 Å². The SMILES string of the molecule is COc1ccc(-c2cccc(Nc3cc(=O)n(O)c(=O)[nH]3)c2)cc1. The Bertz CT molecular complexity index is 943. The lowest BCUT2D eigenvalue weighted by Gasteiger charge is -2.09. The molecule has 7 heteroatoms. The number of nitrogens with one attached hydrogen (secondary N) is 2. The van der Waals surface area contributed by atoms with Gasteiger partial charge in [0.05, 0.1) is 7.11 Å². The summed E-state index contributed by atoms with van der Waals surface area (Å²) in [6.07, 6.45) is 0. The second kappa shape index (κ2) is 6.33. The highest BCUT2D eigenvalue weighted by atomic mass is 16.5. The van der Waals surface area contributed by atoms with E-state index in [1.165, 1.54) is 0 Å². The fourth-order valence-electron chi connectivity index (χ4n) is 2.27. The fraction of sp³-hybridized carbons (Fsp3) is 0.0588. The predicted octanol–water partition coefficient (Wildman–Crippen LogP) is 2.19. The van der Waals surface area contributed by atoms with Gasteiger partial charge in [0.25, 0.3) is 5.56 Å². The standard InChI is InChI=1S/C17H15N3O4/c1-24-14-7-5-11(6-8-14)12-3-2-4-13(9-12)18-15-10-16(21)20(23)17(22)19-15/h2-10,18,23H,1H3,(H,19,22). The van der Waals surface area contributed by atoms with Crippen molar-refractivity contribution in [3.63, 3.8) is 0 Å². The lowest BCUT2D eigenvalue weighted by atomic mass is 10.1. The molecule has 0 aliphatic heterocycles. The van der Waals surface area contributed by atoms with E-state index in [9.17, 15) is 9.59 Å². The Morgan fingerprint density at radius 2 is 1.79 bits per heavy atom. The molecule has 0 bridgehead atoms. The molecule has 1 aromatic heterocycles. The molecule has 0 aliphatic carbocycles. The lowest BCUT2D eigenvalue weighted by Crippen LogP contribution is -2.33. The van der Waals surface area contributed by atoms with Crippen molar-refractivity contribution in [2.45, 2.75) is 0 Å². The second-order valence-electron chi connectivity index (χ2n) is 5.07. The van der Waals surface area contributed by atoms with Crippen molar-refractivity contribution >= 4 is 11.5 Å². The van der Waals surface area contributed by atoms with Crippen molar-refractivity contribution in [3.05, 3.63) is 75.4 Å². The maximum Gasteiger partial charge on any atom is 0.363 e. The van der Waals surface area contributed by atoms with Gasteiger partial charge >= 0.3 is 5.69 Å². The van der Waals surface area contributed by atoms with E-state index in [0.29, 0.717) is 5.69 Å². The number of aromatic nitrogens is 2. The molecule has 0 spiro atoms. The Hall–Kier alpha value is -3.48. The van der Waals surface area contributed by atoms with Crippen molar-refractivity contribution in [2.75, 3.05) is 12.4 Å². The maximum atomic E-state index is 11.4. The van der Waals surface area contributed by atoms with Crippen LogP contribution in [-0.4, -0.2) is 22.0 Å². The maximum absolute atomic E-state index is 11.4. The summed E-state index contributed by atoms with van der Waals surface area (Å²) in [7, 11) is 1.61. The van der Waals surface area contributed by atoms with Crippen LogP contribution in [0.2, 0.25) is 0 Å². The zero-order valence-electron chi connectivity index (χ0n) is 12.8. The molecular formula is C17H15N3O4. The van der Waals surface area contributed by atoms with Gasteiger partial charge in [-0.1, -0.05) is 29.0 Å². The summed E-state index contributed by atoms with van der Waals surface area (Å²) < 4.78 is 5.15. The molecule has 122 valence electrons. The quantitative estimate of drug-likeness (QED) is 0.639. The highest BCUT2D eigenvalue weighted by Gasteiger charge is 2.04. The zero-order valence-corrected chi connectivity index (χ0v) is 12.8. The third-order valence-corrected chi connectivity index (χ3v) is 3.48. The average Bonchev–Trinajstić information content (AvgIpc) is 2.60. The molecular weight excluding hydrogens is 310 g/mol. The van der Waals surface area contributed by atoms with Gasteiger partial charge in [-0.15, -0.1) is 0 Å². The minimum atomic E-state index is -0.906. The summed E-state index contributed by atoms with van der Waals surface area (Å²) in [6.45, 7) is 0. The number of aromatic amines is 1. The minimum Gasteiger partial charge on any atom is -0.497 e. The number of hydrogen-bond donors (Lipinski definition) is 3. The molecule has 0 radical (unpaired) electrons. The summed E-state index contributed by atoms with van der Waals surface area (Å²) in [5.41, 5.74) is 0.928. The number of benzene rings is 2. The molecule has 3 N–H and O–H groups in total. The Morgan fingerprint density at radius 1 is 1.04 bits per heavy atom. The van der Waals surface area contributed by atoms with Crippen LogP contribution < -0.4 is 21.3 Å². The van der Waals surface area contributed by atoms with Gasteiger partial charge in [0.1, 0.15) is 11.6 Å². The third kappa shape index (κ3) is 3.14. The molecule has 0 amide bonds. The molecule has 0 aliphatic rings. The molecule has 2 aromatic carbocycles. The summed E-state index contributed by atoms with van der Waals surface area (Å²) in [6, 6.07) is 16.2. The van der Waals surface area contributed by atoms with Crippen molar-refractivity contribution in [1.29, 1.82) is 0 Å². The zero-order chi connectivity index (χ0) is 17.1. The molecule has 0 saturated heterocycles. The van der Waals surface area contributed by atoms with Crippen LogP contribution in [0.4, 0.5) is 11.5 Å². The number of rotatable bonds is 4. The lowest BCUT2D eigenvalue weighted by molar-refractivity contribution is 0.160. The number of ether oxygens (including phenoxy) is 1. The van der Waals surface area contributed by atoms with E-state index >= 15 is 0 Å². The molecule has 0 fully saturated rings. The van der Waals surface area contributed by atoms with Gasteiger partial charge in [0.2, 0.25) is 0 Å². The van der Waals surface area contributed by atoms with E-state index in [-0.39, 0.29) is 10.5 Å². The van der Waals surface area contributed by atoms with Crippen LogP contribution in [0.5, 0.6) is 5.75 Å². The van der Waals surface area contributed by atoms with E-state index in [2.05, 4.69) is 10.3 Å². The first-order chi connectivity index (χ1) is 11.6. The smallest absolute Gasteiger partial charge is 0.363 e. The van der Waals surface area contributed by atoms with Gasteiger partial charge in [0.15, 0.2) is 0 Å². The largest absolute Gasteiger partial charge is 0.497 e. The van der Waals surface area contributed by atoms with E-state index in [0.717, 1.165) is 22.9 Å². The first-order valence-electron chi connectivity index (χ1n) is 7.14. The Kier molecular flexibility index (Phi) is 4.07. The monoisotopic (exact) mass is 325 g/mol. The Labute approximate surface area is 136 Å². The first-order valence-corrected chi connectivity index (χ1v) is 7.14. The van der Waals surface area contributed by atoms with Gasteiger partial charge in [-0.2, -0.15) is 0 Å². The molecule has 3 rings (SSSR count). The molecule has 3 aromatic rings. The first kappa shape index (κ1) is 15.4. The van der Waals surface area contributed by atoms with E-state index in [1.54, 1.807) is 13.2 Å². The molecule has 7 nitrogen and oxygen atoms in total. The van der Waals surface area contributed by atoms with Gasteiger partial charge in [-0.3, -0.25) is 9.78 Å². The predicted molar refractivity (Wildman–Crippen MR) is 90.2 cm³/mol. The molecule has 1 heterocycles. The van der Waals surface area contributed by atoms with Crippen LogP contribution in [0.25, 0.3) is 11.1 Å². The Balaban J connectivity index is 1.90. The highest BCUT2D eigenvalue weighted by molar-refractivity contribution is 5.70. The minimum absolute atomic E-state index is 0.0129. The number of H-pyrrole nitrogens is 1. The summed E-state index contributed by atoms with van der Waals surface area (Å²) in [5, 5.41) is 12.1. The average molecular weight is 325 g/mol. The van der Waals surface area contributed by atoms with Crippen molar-refractivity contribution < 1.29 is 9.94 Å². The number of methoxy groups -OCH3 is 1. The number of hydrogen-bond acceptors (Lipinski definition) is 5. The normalized spacial score (nSPS) is 10.4.